The molecule has 0 aliphatic carbocycles. The molecule has 0 aliphatic rings. The van der Waals surface area contributed by atoms with Crippen LogP contribution in [0.3, 0.4) is 0 Å². The van der Waals surface area contributed by atoms with Gasteiger partial charge in [0.2, 0.25) is 0 Å². The van der Waals surface area contributed by atoms with Crippen LogP contribution < -0.4 is 0 Å². The quantitative estimate of drug-likeness (QED) is 0.767. The van der Waals surface area contributed by atoms with Gasteiger partial charge in [-0.2, -0.15) is 0 Å². The highest BCUT2D eigenvalue weighted by Gasteiger charge is 2.33. The molecule has 0 spiro atoms. The van der Waals surface area contributed by atoms with Gasteiger partial charge >= 0.3 is 12.1 Å². The summed E-state index contributed by atoms with van der Waals surface area (Å²) in [7, 11) is 1.51. The maximum atomic E-state index is 12.9. The number of hydrogen-bond acceptors (Lipinski definition) is 4. The van der Waals surface area contributed by atoms with Gasteiger partial charge in [0.05, 0.1) is 0 Å². The van der Waals surface area contributed by atoms with E-state index in [1.807, 2.05) is 13.8 Å². The molecule has 1 aromatic rings. The molecule has 0 bridgehead atoms. The summed E-state index contributed by atoms with van der Waals surface area (Å²) in [6, 6.07) is 4.93. The Hall–Kier alpha value is -2.11. The van der Waals surface area contributed by atoms with Gasteiger partial charge in [-0.3, -0.25) is 4.90 Å². The van der Waals surface area contributed by atoms with E-state index < -0.39 is 23.7 Å². The van der Waals surface area contributed by atoms with Gasteiger partial charge < -0.3 is 9.47 Å². The Morgan fingerprint density at radius 2 is 1.71 bits per heavy atom. The molecule has 0 heterocycles. The van der Waals surface area contributed by atoms with Crippen LogP contribution in [0, 0.1) is 11.7 Å². The molecule has 5 nitrogen and oxygen atoms in total. The van der Waals surface area contributed by atoms with Crippen molar-refractivity contribution in [3.63, 3.8) is 0 Å². The standard InChI is InChI=1S/C18H26FNO4/c1-12(2)15(20(6)17(22)24-18(3,4)5)16(21)23-11-13-7-9-14(19)10-8-13/h7-10,12,15H,11H2,1-6H3/t15-/m0/s1. The molecule has 0 N–H and O–H groups in total. The molecule has 0 aromatic heterocycles. The van der Waals surface area contributed by atoms with Crippen LogP contribution in [0.1, 0.15) is 40.2 Å². The fraction of sp³-hybridized carbons (Fsp3) is 0.556. The van der Waals surface area contributed by atoms with E-state index in [4.69, 9.17) is 9.47 Å². The first-order chi connectivity index (χ1) is 11.0. The third kappa shape index (κ3) is 6.18. The number of likely N-dealkylation sites (N-methyl/N-ethyl adjacent to an activating group) is 1. The molecule has 24 heavy (non-hydrogen) atoms. The summed E-state index contributed by atoms with van der Waals surface area (Å²) in [4.78, 5) is 25.8. The maximum Gasteiger partial charge on any atom is 0.410 e. The van der Waals surface area contributed by atoms with Gasteiger partial charge in [0.1, 0.15) is 24.1 Å². The van der Waals surface area contributed by atoms with Crippen molar-refractivity contribution in [2.24, 2.45) is 5.92 Å². The number of esters is 1. The molecule has 1 aromatic carbocycles. The second-order valence-electron chi connectivity index (χ2n) is 7.01. The van der Waals surface area contributed by atoms with Crippen molar-refractivity contribution < 1.29 is 23.5 Å². The highest BCUT2D eigenvalue weighted by Crippen LogP contribution is 2.17. The van der Waals surface area contributed by atoms with E-state index in [0.29, 0.717) is 5.56 Å². The Morgan fingerprint density at radius 1 is 1.17 bits per heavy atom. The van der Waals surface area contributed by atoms with E-state index >= 15 is 0 Å². The Labute approximate surface area is 142 Å². The smallest absolute Gasteiger partial charge is 0.410 e. The van der Waals surface area contributed by atoms with E-state index in [0.717, 1.165) is 0 Å². The first kappa shape index (κ1) is 19.9. The Bertz CT molecular complexity index is 563. The normalized spacial score (nSPS) is 12.7. The van der Waals surface area contributed by atoms with Crippen molar-refractivity contribution in [3.8, 4) is 0 Å². The lowest BCUT2D eigenvalue weighted by Gasteiger charge is -2.31. The van der Waals surface area contributed by atoms with Crippen molar-refractivity contribution in [2.75, 3.05) is 7.05 Å². The molecule has 6 heteroatoms. The van der Waals surface area contributed by atoms with Gasteiger partial charge in [-0.25, -0.2) is 14.0 Å². The molecular weight excluding hydrogens is 313 g/mol. The molecule has 1 atom stereocenters. The molecule has 0 unspecified atom stereocenters. The Balaban J connectivity index is 2.74. The van der Waals surface area contributed by atoms with E-state index in [1.54, 1.807) is 32.9 Å². The number of halogens is 1. The van der Waals surface area contributed by atoms with Gasteiger partial charge in [0, 0.05) is 7.05 Å². The summed E-state index contributed by atoms with van der Waals surface area (Å²) in [5.74, 6) is -1.03. The summed E-state index contributed by atoms with van der Waals surface area (Å²) in [6.07, 6.45) is -0.583. The summed E-state index contributed by atoms with van der Waals surface area (Å²) < 4.78 is 23.5. The minimum absolute atomic E-state index is 0.0183. The molecule has 0 saturated heterocycles. The summed E-state index contributed by atoms with van der Waals surface area (Å²) in [5.41, 5.74) is 0.0254. The lowest BCUT2D eigenvalue weighted by molar-refractivity contribution is -0.152. The molecule has 0 saturated carbocycles. The van der Waals surface area contributed by atoms with Crippen LogP contribution >= 0.6 is 0 Å². The molecular formula is C18H26FNO4. The topological polar surface area (TPSA) is 55.8 Å². The van der Waals surface area contributed by atoms with E-state index in [2.05, 4.69) is 0 Å². The second kappa shape index (κ2) is 8.13. The second-order valence-corrected chi connectivity index (χ2v) is 7.01. The van der Waals surface area contributed by atoms with Gasteiger partial charge in [-0.05, 0) is 44.4 Å². The van der Waals surface area contributed by atoms with Crippen LogP contribution in [-0.4, -0.2) is 35.7 Å². The highest BCUT2D eigenvalue weighted by atomic mass is 19.1. The Morgan fingerprint density at radius 3 is 2.17 bits per heavy atom. The van der Waals surface area contributed by atoms with Gasteiger partial charge in [-0.1, -0.05) is 26.0 Å². The molecule has 1 rings (SSSR count). The van der Waals surface area contributed by atoms with Crippen LogP contribution in [0.4, 0.5) is 9.18 Å². The fourth-order valence-electron chi connectivity index (χ4n) is 2.15. The maximum absolute atomic E-state index is 12.9. The van der Waals surface area contributed by atoms with Crippen LogP contribution in [0.2, 0.25) is 0 Å². The number of rotatable bonds is 5. The minimum atomic E-state index is -0.764. The third-order valence-corrected chi connectivity index (χ3v) is 3.27. The van der Waals surface area contributed by atoms with Crippen molar-refractivity contribution in [3.05, 3.63) is 35.6 Å². The van der Waals surface area contributed by atoms with Crippen LogP contribution in [0.5, 0.6) is 0 Å². The average molecular weight is 339 g/mol. The minimum Gasteiger partial charge on any atom is -0.459 e. The van der Waals surface area contributed by atoms with E-state index in [9.17, 15) is 14.0 Å². The van der Waals surface area contributed by atoms with Crippen LogP contribution in [-0.2, 0) is 20.9 Å². The third-order valence-electron chi connectivity index (χ3n) is 3.27. The number of hydrogen-bond donors (Lipinski definition) is 0. The van der Waals surface area contributed by atoms with Crippen molar-refractivity contribution in [2.45, 2.75) is 52.9 Å². The van der Waals surface area contributed by atoms with Crippen molar-refractivity contribution >= 4 is 12.1 Å². The van der Waals surface area contributed by atoms with Crippen molar-refractivity contribution in [1.82, 2.24) is 4.90 Å². The summed E-state index contributed by atoms with van der Waals surface area (Å²) in [5, 5.41) is 0. The summed E-state index contributed by atoms with van der Waals surface area (Å²) in [6.45, 7) is 8.95. The zero-order chi connectivity index (χ0) is 18.5. The molecule has 0 aliphatic heterocycles. The lowest BCUT2D eigenvalue weighted by atomic mass is 10.0. The molecule has 1 amide bonds. The number of carbonyl (C=O) groups excluding carboxylic acids is 2. The average Bonchev–Trinajstić information content (AvgIpc) is 2.44. The zero-order valence-electron chi connectivity index (χ0n) is 15.1. The number of ether oxygens (including phenoxy) is 2. The van der Waals surface area contributed by atoms with Gasteiger partial charge in [0.25, 0.3) is 0 Å². The fourth-order valence-corrected chi connectivity index (χ4v) is 2.15. The van der Waals surface area contributed by atoms with E-state index in [1.165, 1.54) is 24.1 Å². The number of carbonyl (C=O) groups is 2. The molecule has 0 radical (unpaired) electrons. The molecule has 0 fully saturated rings. The first-order valence-electron chi connectivity index (χ1n) is 7.88. The SMILES string of the molecule is CC(C)[C@@H](C(=O)OCc1ccc(F)cc1)N(C)C(=O)OC(C)(C)C. The largest absolute Gasteiger partial charge is 0.459 e. The number of nitrogens with zero attached hydrogens (tertiary/aromatic N) is 1. The van der Waals surface area contributed by atoms with Gasteiger partial charge in [-0.15, -0.1) is 0 Å². The monoisotopic (exact) mass is 339 g/mol. The van der Waals surface area contributed by atoms with E-state index in [-0.39, 0.29) is 18.3 Å². The van der Waals surface area contributed by atoms with Crippen molar-refractivity contribution in [1.29, 1.82) is 0 Å². The lowest BCUT2D eigenvalue weighted by Crippen LogP contribution is -2.48. The predicted molar refractivity (Wildman–Crippen MR) is 88.8 cm³/mol. The number of amides is 1. The van der Waals surface area contributed by atoms with Crippen LogP contribution in [0.15, 0.2) is 24.3 Å². The summed E-state index contributed by atoms with van der Waals surface area (Å²) >= 11 is 0. The number of benzene rings is 1. The first-order valence-corrected chi connectivity index (χ1v) is 7.88. The predicted octanol–water partition coefficient (Wildman–Crippen LogP) is 3.76. The highest BCUT2D eigenvalue weighted by molar-refractivity contribution is 5.81. The molecule has 134 valence electrons. The van der Waals surface area contributed by atoms with Gasteiger partial charge in [0.15, 0.2) is 0 Å². The van der Waals surface area contributed by atoms with Crippen LogP contribution in [0.25, 0.3) is 0 Å². The Kier molecular flexibility index (Phi) is 6.75. The zero-order valence-corrected chi connectivity index (χ0v) is 15.1.